The average Bonchev–Trinajstić information content (AvgIpc) is 3.29. The summed E-state index contributed by atoms with van der Waals surface area (Å²) in [5.41, 5.74) is 2.46. The number of benzene rings is 2. The Labute approximate surface area is 166 Å². The van der Waals surface area contributed by atoms with Crippen LogP contribution in [0.4, 0.5) is 4.48 Å². The highest BCUT2D eigenvalue weighted by molar-refractivity contribution is 7.09. The van der Waals surface area contributed by atoms with Crippen LogP contribution in [-0.2, 0) is 13.1 Å². The van der Waals surface area contributed by atoms with E-state index in [1.807, 2.05) is 47.2 Å². The highest BCUT2D eigenvalue weighted by atomic mass is 32.1. The van der Waals surface area contributed by atoms with Gasteiger partial charge in [-0.2, -0.15) is 5.12 Å². The van der Waals surface area contributed by atoms with E-state index in [2.05, 4.69) is 0 Å². The summed E-state index contributed by atoms with van der Waals surface area (Å²) in [6.45, 7) is 2.27. The van der Waals surface area contributed by atoms with Crippen molar-refractivity contribution >= 4 is 28.1 Å². The summed E-state index contributed by atoms with van der Waals surface area (Å²) in [6, 6.07) is 17.9. The molecule has 0 radical (unpaired) electrons. The molecule has 0 spiro atoms. The van der Waals surface area contributed by atoms with Crippen LogP contribution < -0.4 is 0 Å². The van der Waals surface area contributed by atoms with E-state index in [-0.39, 0.29) is 23.0 Å². The van der Waals surface area contributed by atoms with Crippen molar-refractivity contribution in [2.45, 2.75) is 20.0 Å². The minimum Gasteiger partial charge on any atom is -0.508 e. The largest absolute Gasteiger partial charge is 0.508 e. The Morgan fingerprint density at radius 3 is 2.64 bits per heavy atom. The second kappa shape index (κ2) is 7.48. The van der Waals surface area contributed by atoms with Crippen molar-refractivity contribution < 1.29 is 14.4 Å². The Kier molecular flexibility index (Phi) is 4.88. The number of phenols is 1. The molecule has 142 valence electrons. The zero-order valence-corrected chi connectivity index (χ0v) is 16.1. The number of hydrogen-bond donors (Lipinski definition) is 1. The van der Waals surface area contributed by atoms with E-state index in [0.717, 1.165) is 10.4 Å². The van der Waals surface area contributed by atoms with Crippen LogP contribution in [0.5, 0.6) is 5.75 Å². The summed E-state index contributed by atoms with van der Waals surface area (Å²) in [5, 5.41) is 12.7. The number of carbonyl (C=O) groups is 1. The summed E-state index contributed by atoms with van der Waals surface area (Å²) in [5.74, 6) is -0.662. The molecule has 0 aliphatic heterocycles. The maximum atomic E-state index is 14.8. The van der Waals surface area contributed by atoms with Crippen LogP contribution in [0, 0.1) is 6.92 Å². The predicted octanol–water partition coefficient (Wildman–Crippen LogP) is 5.29. The first-order valence-electron chi connectivity index (χ1n) is 8.90. The lowest BCUT2D eigenvalue weighted by atomic mass is 10.1. The molecule has 4 aromatic rings. The van der Waals surface area contributed by atoms with Crippen LogP contribution in [0.2, 0.25) is 0 Å². The Morgan fingerprint density at radius 2 is 1.93 bits per heavy atom. The standard InChI is InChI=1S/C22H19FN2O2S/c1-15-21(22(27)25(23)13-16-6-3-2-4-7-16)19-12-17(26)9-10-20(19)24(15)14-18-8-5-11-28-18/h2-12,26H,13-14H2,1H3. The van der Waals surface area contributed by atoms with Crippen molar-refractivity contribution in [1.82, 2.24) is 9.69 Å². The zero-order valence-electron chi connectivity index (χ0n) is 15.3. The van der Waals surface area contributed by atoms with Gasteiger partial charge in [0.2, 0.25) is 0 Å². The molecule has 6 heteroatoms. The number of thiophene rings is 1. The highest BCUT2D eigenvalue weighted by Gasteiger charge is 2.25. The first-order chi connectivity index (χ1) is 13.5. The molecule has 0 saturated carbocycles. The molecule has 4 rings (SSSR count). The van der Waals surface area contributed by atoms with E-state index in [1.165, 1.54) is 6.07 Å². The van der Waals surface area contributed by atoms with Gasteiger partial charge < -0.3 is 9.67 Å². The van der Waals surface area contributed by atoms with Gasteiger partial charge >= 0.3 is 0 Å². The number of carbonyl (C=O) groups excluding carboxylic acids is 1. The van der Waals surface area contributed by atoms with Gasteiger partial charge in [0.15, 0.2) is 0 Å². The zero-order chi connectivity index (χ0) is 19.7. The van der Waals surface area contributed by atoms with Crippen LogP contribution in [-0.4, -0.2) is 20.7 Å². The number of rotatable bonds is 5. The first-order valence-corrected chi connectivity index (χ1v) is 9.78. The molecule has 0 fully saturated rings. The molecule has 4 nitrogen and oxygen atoms in total. The van der Waals surface area contributed by atoms with Gasteiger partial charge in [-0.1, -0.05) is 40.9 Å². The van der Waals surface area contributed by atoms with Gasteiger partial charge in [-0.25, -0.2) is 0 Å². The molecule has 0 atom stereocenters. The molecule has 0 bridgehead atoms. The summed E-state index contributed by atoms with van der Waals surface area (Å²) < 4.78 is 16.8. The number of hydrogen-bond acceptors (Lipinski definition) is 3. The molecular weight excluding hydrogens is 375 g/mol. The normalized spacial score (nSPS) is 11.1. The number of halogens is 1. The van der Waals surface area contributed by atoms with Gasteiger partial charge in [-0.15, -0.1) is 11.3 Å². The number of phenolic OH excluding ortho intramolecular Hbond substituents is 1. The van der Waals surface area contributed by atoms with E-state index in [1.54, 1.807) is 35.6 Å². The molecule has 2 heterocycles. The molecule has 0 aliphatic rings. The number of fused-ring (bicyclic) bond motifs is 1. The van der Waals surface area contributed by atoms with Gasteiger partial charge in [0.1, 0.15) is 5.75 Å². The lowest BCUT2D eigenvalue weighted by molar-refractivity contribution is 0.0149. The quantitative estimate of drug-likeness (QED) is 0.467. The molecule has 1 amide bonds. The highest BCUT2D eigenvalue weighted by Crippen LogP contribution is 2.31. The Balaban J connectivity index is 1.76. The molecule has 28 heavy (non-hydrogen) atoms. The predicted molar refractivity (Wildman–Crippen MR) is 109 cm³/mol. The van der Waals surface area contributed by atoms with Crippen molar-refractivity contribution in [2.24, 2.45) is 0 Å². The van der Waals surface area contributed by atoms with Crippen LogP contribution in [0.3, 0.4) is 0 Å². The molecule has 0 unspecified atom stereocenters. The summed E-state index contributed by atoms with van der Waals surface area (Å²) in [6.07, 6.45) is 0. The van der Waals surface area contributed by atoms with Crippen molar-refractivity contribution in [3.05, 3.63) is 87.7 Å². The fraction of sp³-hybridized carbons (Fsp3) is 0.136. The Bertz CT molecular complexity index is 1120. The second-order valence-electron chi connectivity index (χ2n) is 6.64. The molecule has 1 N–H and O–H groups in total. The van der Waals surface area contributed by atoms with Gasteiger partial charge in [-0.05, 0) is 42.1 Å². The molecule has 2 aromatic carbocycles. The number of amides is 1. The maximum Gasteiger partial charge on any atom is 0.284 e. The molecule has 2 aromatic heterocycles. The average molecular weight is 394 g/mol. The Hall–Kier alpha value is -3.12. The topological polar surface area (TPSA) is 45.5 Å². The van der Waals surface area contributed by atoms with Gasteiger partial charge in [0, 0.05) is 21.5 Å². The number of aromatic hydroxyl groups is 1. The number of aromatic nitrogens is 1. The van der Waals surface area contributed by atoms with Crippen molar-refractivity contribution in [3.63, 3.8) is 0 Å². The molecule has 0 saturated heterocycles. The summed E-state index contributed by atoms with van der Waals surface area (Å²) >= 11 is 1.62. The number of nitrogens with zero attached hydrogens (tertiary/aromatic N) is 2. The molecule has 0 aliphatic carbocycles. The second-order valence-corrected chi connectivity index (χ2v) is 7.67. The smallest absolute Gasteiger partial charge is 0.284 e. The lowest BCUT2D eigenvalue weighted by Gasteiger charge is -2.13. The van der Waals surface area contributed by atoms with E-state index in [4.69, 9.17) is 0 Å². The van der Waals surface area contributed by atoms with E-state index >= 15 is 0 Å². The van der Waals surface area contributed by atoms with E-state index in [9.17, 15) is 14.4 Å². The fourth-order valence-electron chi connectivity index (χ4n) is 3.44. The summed E-state index contributed by atoms with van der Waals surface area (Å²) in [4.78, 5) is 14.1. The maximum absolute atomic E-state index is 14.8. The van der Waals surface area contributed by atoms with Crippen molar-refractivity contribution in [2.75, 3.05) is 0 Å². The third kappa shape index (κ3) is 3.39. The minimum absolute atomic E-state index is 0.0447. The fourth-order valence-corrected chi connectivity index (χ4v) is 4.13. The van der Waals surface area contributed by atoms with Gasteiger partial charge in [-0.3, -0.25) is 4.79 Å². The van der Waals surface area contributed by atoms with Crippen LogP contribution >= 0.6 is 11.3 Å². The third-order valence-corrected chi connectivity index (χ3v) is 5.66. The first kappa shape index (κ1) is 18.3. The van der Waals surface area contributed by atoms with E-state index < -0.39 is 5.91 Å². The van der Waals surface area contributed by atoms with Crippen LogP contribution in [0.25, 0.3) is 10.9 Å². The van der Waals surface area contributed by atoms with Crippen LogP contribution in [0.1, 0.15) is 26.5 Å². The summed E-state index contributed by atoms with van der Waals surface area (Å²) in [7, 11) is 0. The van der Waals surface area contributed by atoms with Gasteiger partial charge in [0.05, 0.1) is 18.7 Å². The van der Waals surface area contributed by atoms with Gasteiger partial charge in [0.25, 0.3) is 5.91 Å². The SMILES string of the molecule is Cc1c(C(=O)N(F)Cc2ccccc2)c2cc(O)ccc2n1Cc1cccs1. The minimum atomic E-state index is -0.707. The third-order valence-electron chi connectivity index (χ3n) is 4.80. The monoisotopic (exact) mass is 394 g/mol. The van der Waals surface area contributed by atoms with Crippen molar-refractivity contribution in [3.8, 4) is 5.75 Å². The Morgan fingerprint density at radius 1 is 1.14 bits per heavy atom. The van der Waals surface area contributed by atoms with E-state index in [0.29, 0.717) is 23.2 Å². The van der Waals surface area contributed by atoms with Crippen molar-refractivity contribution in [1.29, 1.82) is 0 Å². The lowest BCUT2D eigenvalue weighted by Crippen LogP contribution is -2.23. The molecular formula is C22H19FN2O2S. The van der Waals surface area contributed by atoms with Crippen LogP contribution in [0.15, 0.2) is 66.0 Å².